The van der Waals surface area contributed by atoms with Gasteiger partial charge in [0.25, 0.3) is 5.56 Å². The number of rotatable bonds is 9. The molecule has 0 radical (unpaired) electrons. The van der Waals surface area contributed by atoms with Gasteiger partial charge in [-0.2, -0.15) is 0 Å². The van der Waals surface area contributed by atoms with E-state index in [0.717, 1.165) is 14.7 Å². The summed E-state index contributed by atoms with van der Waals surface area (Å²) in [4.78, 5) is 33.2. The SMILES string of the molecule is CCOC(=O)C1=C(c2ccccc2)N=c2s/c(=C\c3cc(I)c(OCc4ccc(Cl)cc4Cl)c(OC)c3)c(=O)n2[C@H]1c1ccc(Cl)cc1. The van der Waals surface area contributed by atoms with Gasteiger partial charge in [-0.1, -0.05) is 94.7 Å². The third kappa shape index (κ3) is 7.06. The average Bonchev–Trinajstić information content (AvgIpc) is 3.38. The molecular formula is C36H26Cl3IN2O5S. The summed E-state index contributed by atoms with van der Waals surface area (Å²) in [6.07, 6.45) is 1.78. The number of ether oxygens (including phenoxy) is 3. The van der Waals surface area contributed by atoms with Gasteiger partial charge in [-0.25, -0.2) is 9.79 Å². The molecule has 0 aliphatic carbocycles. The molecule has 1 aromatic heterocycles. The van der Waals surface area contributed by atoms with Crippen molar-refractivity contribution in [2.24, 2.45) is 4.99 Å². The van der Waals surface area contributed by atoms with Crippen molar-refractivity contribution in [3.63, 3.8) is 0 Å². The maximum absolute atomic E-state index is 14.3. The second-order valence-electron chi connectivity index (χ2n) is 10.5. The number of hydrogen-bond acceptors (Lipinski definition) is 7. The van der Waals surface area contributed by atoms with Gasteiger partial charge in [0.05, 0.1) is 39.1 Å². The molecule has 0 saturated heterocycles. The van der Waals surface area contributed by atoms with Crippen LogP contribution >= 0.6 is 68.7 Å². The van der Waals surface area contributed by atoms with E-state index < -0.39 is 12.0 Å². The first kappa shape index (κ1) is 34.3. The van der Waals surface area contributed by atoms with E-state index in [4.69, 9.17) is 54.0 Å². The third-order valence-electron chi connectivity index (χ3n) is 7.50. The highest BCUT2D eigenvalue weighted by Gasteiger charge is 2.35. The van der Waals surface area contributed by atoms with Crippen LogP contribution in [0.1, 0.15) is 35.2 Å². The van der Waals surface area contributed by atoms with E-state index in [9.17, 15) is 9.59 Å². The first-order chi connectivity index (χ1) is 23.2. The quantitative estimate of drug-likeness (QED) is 0.111. The zero-order valence-electron chi connectivity index (χ0n) is 25.5. The maximum Gasteiger partial charge on any atom is 0.338 e. The van der Waals surface area contributed by atoms with Crippen molar-refractivity contribution in [3.05, 3.63) is 151 Å². The molecule has 2 heterocycles. The van der Waals surface area contributed by atoms with Crippen molar-refractivity contribution in [2.45, 2.75) is 19.6 Å². The molecule has 0 fully saturated rings. The van der Waals surface area contributed by atoms with E-state index in [1.54, 1.807) is 67.1 Å². The van der Waals surface area contributed by atoms with Crippen molar-refractivity contribution in [1.29, 1.82) is 0 Å². The number of halogens is 4. The molecule has 0 unspecified atom stereocenters. The van der Waals surface area contributed by atoms with Crippen LogP contribution in [0.5, 0.6) is 11.5 Å². The van der Waals surface area contributed by atoms with Gasteiger partial charge in [-0.15, -0.1) is 0 Å². The van der Waals surface area contributed by atoms with E-state index in [0.29, 0.717) is 52.7 Å². The second kappa shape index (κ2) is 14.9. The van der Waals surface area contributed by atoms with Gasteiger partial charge < -0.3 is 14.2 Å². The van der Waals surface area contributed by atoms with Crippen LogP contribution in [0.4, 0.5) is 0 Å². The number of hydrogen-bond donors (Lipinski definition) is 0. The van der Waals surface area contributed by atoms with Crippen LogP contribution in [0.3, 0.4) is 0 Å². The lowest BCUT2D eigenvalue weighted by Gasteiger charge is -2.25. The van der Waals surface area contributed by atoms with Crippen molar-refractivity contribution >= 4 is 86.5 Å². The Bertz CT molecular complexity index is 2240. The Morgan fingerprint density at radius 2 is 1.73 bits per heavy atom. The lowest BCUT2D eigenvalue weighted by Crippen LogP contribution is -2.40. The zero-order valence-corrected chi connectivity index (χ0v) is 30.7. The minimum Gasteiger partial charge on any atom is -0.493 e. The molecule has 5 aromatic rings. The van der Waals surface area contributed by atoms with Crippen LogP contribution in [0, 0.1) is 3.57 Å². The lowest BCUT2D eigenvalue weighted by atomic mass is 9.93. The second-order valence-corrected chi connectivity index (χ2v) is 14.0. The highest BCUT2D eigenvalue weighted by molar-refractivity contribution is 14.1. The summed E-state index contributed by atoms with van der Waals surface area (Å²) in [5, 5.41) is 1.57. The van der Waals surface area contributed by atoms with E-state index in [1.165, 1.54) is 11.3 Å². The van der Waals surface area contributed by atoms with E-state index in [2.05, 4.69) is 22.6 Å². The Labute approximate surface area is 308 Å². The van der Waals surface area contributed by atoms with Gasteiger partial charge in [0, 0.05) is 26.2 Å². The molecule has 0 bridgehead atoms. The average molecular weight is 832 g/mol. The summed E-state index contributed by atoms with van der Waals surface area (Å²) in [6.45, 7) is 2.11. The summed E-state index contributed by atoms with van der Waals surface area (Å²) in [5.41, 5.74) is 3.32. The molecule has 0 spiro atoms. The molecule has 0 saturated carbocycles. The third-order valence-corrected chi connectivity index (χ3v) is 10.1. The highest BCUT2D eigenvalue weighted by Crippen LogP contribution is 2.37. The van der Waals surface area contributed by atoms with Crippen molar-refractivity contribution in [2.75, 3.05) is 13.7 Å². The molecular weight excluding hydrogens is 806 g/mol. The molecule has 0 amide bonds. The number of esters is 1. The van der Waals surface area contributed by atoms with Crippen LogP contribution in [-0.2, 0) is 16.1 Å². The monoisotopic (exact) mass is 830 g/mol. The Hall–Kier alpha value is -3.61. The Morgan fingerprint density at radius 1 is 1.00 bits per heavy atom. The van der Waals surface area contributed by atoms with Crippen molar-refractivity contribution in [3.8, 4) is 11.5 Å². The number of carbonyl (C=O) groups is 1. The number of fused-ring (bicyclic) bond motifs is 1. The van der Waals surface area contributed by atoms with Gasteiger partial charge in [0.2, 0.25) is 0 Å². The molecule has 0 N–H and O–H groups in total. The molecule has 48 heavy (non-hydrogen) atoms. The first-order valence-electron chi connectivity index (χ1n) is 14.7. The fourth-order valence-corrected chi connectivity index (χ4v) is 7.68. The summed E-state index contributed by atoms with van der Waals surface area (Å²) in [5.74, 6) is 0.474. The van der Waals surface area contributed by atoms with Gasteiger partial charge in [-0.05, 0) is 83.1 Å². The maximum atomic E-state index is 14.3. The van der Waals surface area contributed by atoms with Crippen LogP contribution in [-0.4, -0.2) is 24.3 Å². The molecule has 1 aliphatic rings. The fourth-order valence-electron chi connectivity index (χ4n) is 5.30. The predicted octanol–water partition coefficient (Wildman–Crippen LogP) is 8.09. The standard InChI is InChI=1S/C36H26Cl3IN2O5S/c1-3-46-35(44)30-31(21-7-5-4-6-8-21)41-36-42(32(30)22-9-12-24(37)13-10-22)34(43)29(48-36)17-20-15-27(40)33(28(16-20)45-2)47-19-23-11-14-25(38)18-26(23)39/h4-18,32H,3,19H2,1-2H3/b29-17-/t32-/m0/s1. The summed E-state index contributed by atoms with van der Waals surface area (Å²) in [6, 6.07) is 24.6. The minimum absolute atomic E-state index is 0.162. The zero-order chi connectivity index (χ0) is 33.9. The van der Waals surface area contributed by atoms with Gasteiger partial charge in [0.15, 0.2) is 16.3 Å². The summed E-state index contributed by atoms with van der Waals surface area (Å²) in [7, 11) is 1.55. The topological polar surface area (TPSA) is 79.1 Å². The van der Waals surface area contributed by atoms with Crippen molar-refractivity contribution < 1.29 is 19.0 Å². The fraction of sp³-hybridized carbons (Fsp3) is 0.139. The number of carbonyl (C=O) groups excluding carboxylic acids is 1. The minimum atomic E-state index is -0.805. The largest absolute Gasteiger partial charge is 0.493 e. The molecule has 6 rings (SSSR count). The highest BCUT2D eigenvalue weighted by atomic mass is 127. The number of thiazole rings is 1. The van der Waals surface area contributed by atoms with Crippen LogP contribution in [0.25, 0.3) is 11.8 Å². The van der Waals surface area contributed by atoms with Crippen LogP contribution < -0.4 is 24.4 Å². The lowest BCUT2D eigenvalue weighted by molar-refractivity contribution is -0.138. The number of benzene rings is 4. The van der Waals surface area contributed by atoms with E-state index >= 15 is 0 Å². The van der Waals surface area contributed by atoms with E-state index in [1.807, 2.05) is 42.5 Å². The molecule has 7 nitrogen and oxygen atoms in total. The summed E-state index contributed by atoms with van der Waals surface area (Å²) >= 11 is 22.0. The van der Waals surface area contributed by atoms with Crippen LogP contribution in [0.2, 0.25) is 15.1 Å². The molecule has 1 aliphatic heterocycles. The van der Waals surface area contributed by atoms with Gasteiger partial charge >= 0.3 is 5.97 Å². The van der Waals surface area contributed by atoms with Gasteiger partial charge in [-0.3, -0.25) is 9.36 Å². The Morgan fingerprint density at radius 3 is 2.42 bits per heavy atom. The van der Waals surface area contributed by atoms with Gasteiger partial charge in [0.1, 0.15) is 6.61 Å². The normalized spacial score (nSPS) is 14.4. The number of aromatic nitrogens is 1. The Kier molecular flexibility index (Phi) is 10.6. The molecule has 4 aromatic carbocycles. The number of methoxy groups -OCH3 is 1. The van der Waals surface area contributed by atoms with Crippen molar-refractivity contribution in [1.82, 2.24) is 4.57 Å². The predicted molar refractivity (Wildman–Crippen MR) is 199 cm³/mol. The van der Waals surface area contributed by atoms with Crippen LogP contribution in [0.15, 0.2) is 100 Å². The molecule has 1 atom stereocenters. The number of nitrogens with zero attached hydrogens (tertiary/aromatic N) is 2. The smallest absolute Gasteiger partial charge is 0.338 e. The van der Waals surface area contributed by atoms with E-state index in [-0.39, 0.29) is 24.3 Å². The Balaban J connectivity index is 1.48. The summed E-state index contributed by atoms with van der Waals surface area (Å²) < 4.78 is 20.1. The molecule has 12 heteroatoms. The molecule has 244 valence electrons. The first-order valence-corrected chi connectivity index (χ1v) is 17.7.